The quantitative estimate of drug-likeness (QED) is 0.470. The lowest BCUT2D eigenvalue weighted by Gasteiger charge is -2.17. The lowest BCUT2D eigenvalue weighted by molar-refractivity contribution is 0.732. The molecule has 0 aromatic heterocycles. The second-order valence-electron chi connectivity index (χ2n) is 3.50. The van der Waals surface area contributed by atoms with Gasteiger partial charge in [-0.15, -0.1) is 11.6 Å². The molecule has 0 saturated heterocycles. The Hall–Kier alpha value is 0.570. The van der Waals surface area contributed by atoms with E-state index in [1.54, 1.807) is 0 Å². The molecule has 0 amide bonds. The molecular formula is C11H12BrCl3. The van der Waals surface area contributed by atoms with E-state index >= 15 is 0 Å². The maximum absolute atomic E-state index is 6.27. The van der Waals surface area contributed by atoms with Gasteiger partial charge >= 0.3 is 0 Å². The average molecular weight is 330 g/mol. The van der Waals surface area contributed by atoms with Crippen LogP contribution in [0.5, 0.6) is 0 Å². The number of benzene rings is 1. The molecule has 1 unspecified atom stereocenters. The molecule has 0 N–H and O–H groups in total. The van der Waals surface area contributed by atoms with Crippen LogP contribution in [0.2, 0.25) is 10.0 Å². The van der Waals surface area contributed by atoms with Gasteiger partial charge in [0, 0.05) is 10.4 Å². The highest BCUT2D eigenvalue weighted by molar-refractivity contribution is 9.10. The molecule has 0 bridgehead atoms. The molecule has 0 radical (unpaired) electrons. The van der Waals surface area contributed by atoms with Gasteiger partial charge < -0.3 is 0 Å². The van der Waals surface area contributed by atoms with Crippen LogP contribution in [0.15, 0.2) is 10.5 Å². The molecule has 1 aromatic rings. The minimum atomic E-state index is 0.337. The predicted octanol–water partition coefficient (Wildman–Crippen LogP) is 6.01. The molecule has 1 rings (SSSR count). The van der Waals surface area contributed by atoms with Crippen LogP contribution in [0, 0.1) is 0 Å². The first-order valence-electron chi connectivity index (χ1n) is 4.75. The van der Waals surface area contributed by atoms with Crippen molar-refractivity contribution in [2.75, 3.05) is 0 Å². The molecule has 0 aliphatic carbocycles. The van der Waals surface area contributed by atoms with Crippen LogP contribution in [-0.2, 0) is 5.88 Å². The van der Waals surface area contributed by atoms with Crippen molar-refractivity contribution in [1.29, 1.82) is 0 Å². The number of alkyl halides is 1. The van der Waals surface area contributed by atoms with Gasteiger partial charge in [0.1, 0.15) is 0 Å². The molecule has 84 valence electrons. The molecule has 1 aromatic carbocycles. The normalized spacial score (nSPS) is 12.9. The Labute approximate surface area is 114 Å². The van der Waals surface area contributed by atoms with Crippen molar-refractivity contribution in [3.8, 4) is 0 Å². The van der Waals surface area contributed by atoms with Crippen LogP contribution >= 0.6 is 50.7 Å². The largest absolute Gasteiger partial charge is 0.121 e. The van der Waals surface area contributed by atoms with E-state index in [0.29, 0.717) is 21.8 Å². The SMILES string of the molecule is CCC(C)c1c(Cl)c(Br)cc(CCl)c1Cl. The Balaban J connectivity index is 3.40. The second kappa shape index (κ2) is 5.77. The number of halogens is 4. The van der Waals surface area contributed by atoms with Crippen molar-refractivity contribution >= 4 is 50.7 Å². The fourth-order valence-electron chi connectivity index (χ4n) is 1.41. The van der Waals surface area contributed by atoms with E-state index in [1.165, 1.54) is 0 Å². The van der Waals surface area contributed by atoms with Gasteiger partial charge in [-0.2, -0.15) is 0 Å². The van der Waals surface area contributed by atoms with Crippen molar-refractivity contribution in [1.82, 2.24) is 0 Å². The van der Waals surface area contributed by atoms with Crippen molar-refractivity contribution < 1.29 is 0 Å². The highest BCUT2D eigenvalue weighted by Gasteiger charge is 2.17. The van der Waals surface area contributed by atoms with Crippen molar-refractivity contribution in [3.63, 3.8) is 0 Å². The highest BCUT2D eigenvalue weighted by Crippen LogP contribution is 2.40. The van der Waals surface area contributed by atoms with E-state index in [-0.39, 0.29) is 0 Å². The maximum atomic E-state index is 6.27. The van der Waals surface area contributed by atoms with Crippen LogP contribution in [-0.4, -0.2) is 0 Å². The first-order valence-corrected chi connectivity index (χ1v) is 6.83. The first kappa shape index (κ1) is 13.6. The summed E-state index contributed by atoms with van der Waals surface area (Å²) in [5, 5.41) is 1.40. The number of hydrogen-bond donors (Lipinski definition) is 0. The van der Waals surface area contributed by atoms with Crippen LogP contribution in [0.3, 0.4) is 0 Å². The second-order valence-corrected chi connectivity index (χ2v) is 5.38. The third kappa shape index (κ3) is 2.82. The molecule has 0 aliphatic rings. The molecule has 4 heteroatoms. The van der Waals surface area contributed by atoms with Crippen LogP contribution < -0.4 is 0 Å². The number of hydrogen-bond acceptors (Lipinski definition) is 0. The van der Waals surface area contributed by atoms with Gasteiger partial charge in [0.25, 0.3) is 0 Å². The van der Waals surface area contributed by atoms with Gasteiger partial charge in [-0.1, -0.05) is 37.0 Å². The van der Waals surface area contributed by atoms with Crippen molar-refractivity contribution in [2.24, 2.45) is 0 Å². The zero-order valence-electron chi connectivity index (χ0n) is 8.58. The minimum Gasteiger partial charge on any atom is -0.121 e. The first-order chi connectivity index (χ1) is 7.02. The standard InChI is InChI=1S/C11H12BrCl3/c1-3-6(2)9-10(14)7(5-13)4-8(12)11(9)15/h4,6H,3,5H2,1-2H3. The summed E-state index contributed by atoms with van der Waals surface area (Å²) in [7, 11) is 0. The summed E-state index contributed by atoms with van der Waals surface area (Å²) in [6, 6.07) is 1.88. The topological polar surface area (TPSA) is 0 Å². The highest BCUT2D eigenvalue weighted by atomic mass is 79.9. The molecule has 0 spiro atoms. The molecule has 0 aliphatic heterocycles. The molecule has 1 atom stereocenters. The Morgan fingerprint density at radius 2 is 1.93 bits per heavy atom. The maximum Gasteiger partial charge on any atom is 0.0597 e. The van der Waals surface area contributed by atoms with E-state index in [4.69, 9.17) is 34.8 Å². The minimum absolute atomic E-state index is 0.337. The molecular weight excluding hydrogens is 318 g/mol. The van der Waals surface area contributed by atoms with Crippen LogP contribution in [0.4, 0.5) is 0 Å². The summed E-state index contributed by atoms with van der Waals surface area (Å²) >= 11 is 21.7. The molecule has 0 saturated carbocycles. The Bertz CT molecular complexity index is 363. The monoisotopic (exact) mass is 328 g/mol. The molecule has 15 heavy (non-hydrogen) atoms. The fraction of sp³-hybridized carbons (Fsp3) is 0.455. The van der Waals surface area contributed by atoms with Gasteiger partial charge in [-0.25, -0.2) is 0 Å². The zero-order valence-corrected chi connectivity index (χ0v) is 12.4. The van der Waals surface area contributed by atoms with Gasteiger partial charge in [0.15, 0.2) is 0 Å². The summed E-state index contributed by atoms with van der Waals surface area (Å²) in [5.41, 5.74) is 1.91. The lowest BCUT2D eigenvalue weighted by Crippen LogP contribution is -1.98. The summed E-state index contributed by atoms with van der Waals surface area (Å²) in [6.07, 6.45) is 0.998. The van der Waals surface area contributed by atoms with Crippen LogP contribution in [0.1, 0.15) is 37.3 Å². The van der Waals surface area contributed by atoms with Crippen LogP contribution in [0.25, 0.3) is 0 Å². The lowest BCUT2D eigenvalue weighted by atomic mass is 9.97. The zero-order chi connectivity index (χ0) is 11.6. The van der Waals surface area contributed by atoms with E-state index in [0.717, 1.165) is 22.0 Å². The summed E-state index contributed by atoms with van der Waals surface area (Å²) < 4.78 is 0.861. The summed E-state index contributed by atoms with van der Waals surface area (Å²) in [5.74, 6) is 0.738. The fourth-order valence-corrected chi connectivity index (χ4v) is 2.97. The van der Waals surface area contributed by atoms with E-state index in [9.17, 15) is 0 Å². The molecule has 0 nitrogen and oxygen atoms in total. The Kier molecular flexibility index (Phi) is 5.24. The van der Waals surface area contributed by atoms with Gasteiger partial charge in [0.05, 0.1) is 10.0 Å². The molecule has 0 heterocycles. The summed E-state index contributed by atoms with van der Waals surface area (Å²) in [6.45, 7) is 4.22. The van der Waals surface area contributed by atoms with E-state index in [2.05, 4.69) is 29.8 Å². The van der Waals surface area contributed by atoms with Gasteiger partial charge in [0.2, 0.25) is 0 Å². The van der Waals surface area contributed by atoms with Crippen molar-refractivity contribution in [2.45, 2.75) is 32.1 Å². The van der Waals surface area contributed by atoms with E-state index in [1.807, 2.05) is 6.07 Å². The molecule has 0 fully saturated rings. The smallest absolute Gasteiger partial charge is 0.0597 e. The van der Waals surface area contributed by atoms with Gasteiger partial charge in [-0.3, -0.25) is 0 Å². The average Bonchev–Trinajstić information content (AvgIpc) is 2.23. The summed E-state index contributed by atoms with van der Waals surface area (Å²) in [4.78, 5) is 0. The third-order valence-corrected chi connectivity index (χ3v) is 4.51. The Morgan fingerprint density at radius 1 is 1.33 bits per heavy atom. The predicted molar refractivity (Wildman–Crippen MR) is 72.4 cm³/mol. The van der Waals surface area contributed by atoms with Crippen molar-refractivity contribution in [3.05, 3.63) is 31.7 Å². The van der Waals surface area contributed by atoms with Gasteiger partial charge in [-0.05, 0) is 45.5 Å². The number of rotatable bonds is 3. The van der Waals surface area contributed by atoms with E-state index < -0.39 is 0 Å². The third-order valence-electron chi connectivity index (χ3n) is 2.51. The Morgan fingerprint density at radius 3 is 2.40 bits per heavy atom.